The molecule has 0 radical (unpaired) electrons. The Bertz CT molecular complexity index is 838. The van der Waals surface area contributed by atoms with Crippen LogP contribution in [0.5, 0.6) is 11.5 Å². The second-order valence-corrected chi connectivity index (χ2v) is 12.9. The molecule has 0 spiro atoms. The third-order valence-corrected chi connectivity index (χ3v) is 9.60. The van der Waals surface area contributed by atoms with Crippen LogP contribution in [0.15, 0.2) is 28.9 Å². The van der Waals surface area contributed by atoms with Gasteiger partial charge in [-0.2, -0.15) is 0 Å². The summed E-state index contributed by atoms with van der Waals surface area (Å²) in [6, 6.07) is 3.82. The van der Waals surface area contributed by atoms with E-state index in [1.165, 1.54) is 0 Å². The molecular formula is C21H30O5Si. The predicted molar refractivity (Wildman–Crippen MR) is 110 cm³/mol. The minimum absolute atomic E-state index is 0.0748. The quantitative estimate of drug-likeness (QED) is 0.451. The van der Waals surface area contributed by atoms with E-state index in [9.17, 15) is 0 Å². The first kappa shape index (κ1) is 20.0. The van der Waals surface area contributed by atoms with Crippen molar-refractivity contribution in [1.29, 1.82) is 0 Å². The molecule has 1 aliphatic rings. The highest BCUT2D eigenvalue weighted by molar-refractivity contribution is 6.74. The Labute approximate surface area is 162 Å². The third kappa shape index (κ3) is 3.66. The monoisotopic (exact) mass is 390 g/mol. The van der Waals surface area contributed by atoms with Gasteiger partial charge in [-0.3, -0.25) is 0 Å². The lowest BCUT2D eigenvalue weighted by Crippen LogP contribution is -2.44. The van der Waals surface area contributed by atoms with Crippen LogP contribution in [-0.2, 0) is 9.47 Å². The lowest BCUT2D eigenvalue weighted by molar-refractivity contribution is -0.308. The van der Waals surface area contributed by atoms with E-state index in [-0.39, 0.29) is 5.04 Å². The molecule has 1 aliphatic heterocycles. The molecule has 0 saturated carbocycles. The number of rotatable bonds is 6. The Morgan fingerprint density at radius 3 is 2.37 bits per heavy atom. The molecule has 0 aliphatic carbocycles. The summed E-state index contributed by atoms with van der Waals surface area (Å²) in [5.74, 6) is 0.224. The zero-order chi connectivity index (χ0) is 19.9. The number of benzene rings is 1. The molecule has 0 saturated heterocycles. The standard InChI is InChI=1S/C21H30O5Si/c1-8-23-21(24-9-2)12-10-15-18(25-21)14-17-16(11-13-22-17)19(15)26-27(6,7)20(3,4)5/h10-14H,8-9H2,1-7H3. The van der Waals surface area contributed by atoms with Gasteiger partial charge in [0.25, 0.3) is 8.32 Å². The minimum atomic E-state index is -2.06. The normalized spacial score (nSPS) is 16.3. The van der Waals surface area contributed by atoms with Crippen molar-refractivity contribution in [3.63, 3.8) is 0 Å². The summed E-state index contributed by atoms with van der Waals surface area (Å²) in [7, 11) is -2.06. The van der Waals surface area contributed by atoms with Gasteiger partial charge in [-0.1, -0.05) is 20.8 Å². The van der Waals surface area contributed by atoms with Crippen LogP contribution in [0.3, 0.4) is 0 Å². The Kier molecular flexibility index (Phi) is 5.18. The van der Waals surface area contributed by atoms with Crippen LogP contribution < -0.4 is 9.16 Å². The van der Waals surface area contributed by atoms with Crippen LogP contribution in [0.1, 0.15) is 40.2 Å². The van der Waals surface area contributed by atoms with Crippen molar-refractivity contribution < 1.29 is 23.1 Å². The van der Waals surface area contributed by atoms with E-state index >= 15 is 0 Å². The van der Waals surface area contributed by atoms with Crippen molar-refractivity contribution in [3.8, 4) is 11.5 Å². The highest BCUT2D eigenvalue weighted by Gasteiger charge is 2.41. The average molecular weight is 391 g/mol. The van der Waals surface area contributed by atoms with Crippen molar-refractivity contribution >= 4 is 25.4 Å². The number of furan rings is 1. The van der Waals surface area contributed by atoms with Crippen LogP contribution in [0.25, 0.3) is 17.0 Å². The number of fused-ring (bicyclic) bond motifs is 2. The van der Waals surface area contributed by atoms with Crippen LogP contribution in [0.2, 0.25) is 18.1 Å². The van der Waals surface area contributed by atoms with Crippen LogP contribution in [0.4, 0.5) is 0 Å². The molecule has 5 nitrogen and oxygen atoms in total. The zero-order valence-corrected chi connectivity index (χ0v) is 18.3. The smallest absolute Gasteiger partial charge is 0.349 e. The molecule has 0 N–H and O–H groups in total. The van der Waals surface area contributed by atoms with E-state index in [2.05, 4.69) is 33.9 Å². The fraction of sp³-hybridized carbons (Fsp3) is 0.524. The van der Waals surface area contributed by atoms with Gasteiger partial charge < -0.3 is 23.1 Å². The fourth-order valence-corrected chi connectivity index (χ4v) is 3.84. The van der Waals surface area contributed by atoms with Gasteiger partial charge in [0.05, 0.1) is 30.4 Å². The van der Waals surface area contributed by atoms with Gasteiger partial charge in [0.2, 0.25) is 0 Å². The summed E-state index contributed by atoms with van der Waals surface area (Å²) < 4.78 is 30.0. The van der Waals surface area contributed by atoms with Gasteiger partial charge in [0.15, 0.2) is 0 Å². The van der Waals surface area contributed by atoms with Crippen LogP contribution in [-0.4, -0.2) is 27.5 Å². The fourth-order valence-electron chi connectivity index (χ4n) is 2.81. The minimum Gasteiger partial charge on any atom is -0.543 e. The van der Waals surface area contributed by atoms with Gasteiger partial charge >= 0.3 is 5.97 Å². The van der Waals surface area contributed by atoms with E-state index in [0.717, 1.165) is 22.3 Å². The summed E-state index contributed by atoms with van der Waals surface area (Å²) in [5, 5.41) is 1.03. The lowest BCUT2D eigenvalue weighted by Gasteiger charge is -2.38. The summed E-state index contributed by atoms with van der Waals surface area (Å²) in [4.78, 5) is 0. The average Bonchev–Trinajstić information content (AvgIpc) is 3.02. The van der Waals surface area contributed by atoms with Crippen molar-refractivity contribution in [2.24, 2.45) is 0 Å². The third-order valence-electron chi connectivity index (χ3n) is 5.27. The Balaban J connectivity index is 2.12. The molecule has 2 heterocycles. The molecule has 0 amide bonds. The molecule has 1 aromatic heterocycles. The van der Waals surface area contributed by atoms with E-state index in [1.807, 2.05) is 38.1 Å². The van der Waals surface area contributed by atoms with E-state index in [0.29, 0.717) is 19.0 Å². The number of hydrogen-bond acceptors (Lipinski definition) is 5. The molecule has 0 bridgehead atoms. The van der Waals surface area contributed by atoms with E-state index in [4.69, 9.17) is 23.1 Å². The summed E-state index contributed by atoms with van der Waals surface area (Å²) in [6.45, 7) is 15.9. The van der Waals surface area contributed by atoms with Gasteiger partial charge in [-0.15, -0.1) is 0 Å². The van der Waals surface area contributed by atoms with Gasteiger partial charge in [0.1, 0.15) is 17.1 Å². The molecule has 0 unspecified atom stereocenters. The first-order valence-electron chi connectivity index (χ1n) is 9.52. The zero-order valence-electron chi connectivity index (χ0n) is 17.3. The number of ether oxygens (including phenoxy) is 3. The summed E-state index contributed by atoms with van der Waals surface area (Å²) >= 11 is 0. The second kappa shape index (κ2) is 7.00. The first-order valence-corrected chi connectivity index (χ1v) is 12.4. The molecule has 2 aromatic rings. The lowest BCUT2D eigenvalue weighted by atomic mass is 10.1. The molecule has 1 aromatic carbocycles. The molecule has 0 fully saturated rings. The van der Waals surface area contributed by atoms with Crippen LogP contribution >= 0.6 is 0 Å². The Morgan fingerprint density at radius 2 is 1.78 bits per heavy atom. The van der Waals surface area contributed by atoms with Crippen molar-refractivity contribution in [1.82, 2.24) is 0 Å². The molecule has 27 heavy (non-hydrogen) atoms. The highest BCUT2D eigenvalue weighted by Crippen LogP contribution is 2.46. The van der Waals surface area contributed by atoms with E-state index < -0.39 is 14.3 Å². The first-order chi connectivity index (χ1) is 12.6. The molecule has 3 rings (SSSR count). The molecule has 148 valence electrons. The van der Waals surface area contributed by atoms with Gasteiger partial charge in [-0.25, -0.2) is 0 Å². The maximum atomic E-state index is 6.69. The highest BCUT2D eigenvalue weighted by atomic mass is 28.4. The number of hydrogen-bond donors (Lipinski definition) is 0. The van der Waals surface area contributed by atoms with Crippen molar-refractivity contribution in [3.05, 3.63) is 30.0 Å². The van der Waals surface area contributed by atoms with Crippen LogP contribution in [0, 0.1) is 0 Å². The second-order valence-electron chi connectivity index (χ2n) is 8.22. The van der Waals surface area contributed by atoms with Gasteiger partial charge in [0, 0.05) is 12.1 Å². The summed E-state index contributed by atoms with van der Waals surface area (Å²) in [5.41, 5.74) is 1.61. The molecule has 0 atom stereocenters. The van der Waals surface area contributed by atoms with E-state index in [1.54, 1.807) is 6.26 Å². The topological polar surface area (TPSA) is 50.1 Å². The summed E-state index contributed by atoms with van der Waals surface area (Å²) in [6.07, 6.45) is 5.46. The predicted octanol–water partition coefficient (Wildman–Crippen LogP) is 5.95. The van der Waals surface area contributed by atoms with Gasteiger partial charge in [-0.05, 0) is 44.1 Å². The largest absolute Gasteiger partial charge is 0.543 e. The van der Waals surface area contributed by atoms with Crippen molar-refractivity contribution in [2.75, 3.05) is 13.2 Å². The van der Waals surface area contributed by atoms with Crippen molar-refractivity contribution in [2.45, 2.75) is 58.7 Å². The molecule has 6 heteroatoms. The Morgan fingerprint density at radius 1 is 1.11 bits per heavy atom. The molecular weight excluding hydrogens is 360 g/mol. The Hall–Kier alpha value is -1.76. The SMILES string of the molecule is CCOC1(OCC)C=Cc2c(cc3occc3c2O[Si](C)(C)C(C)(C)C)O1. The maximum Gasteiger partial charge on any atom is 0.349 e. The maximum absolute atomic E-state index is 6.69.